The highest BCUT2D eigenvalue weighted by Crippen LogP contribution is 2.44. The van der Waals surface area contributed by atoms with Gasteiger partial charge in [-0.1, -0.05) is 59.7 Å². The van der Waals surface area contributed by atoms with E-state index < -0.39 is 56.8 Å². The molecule has 2 saturated carbocycles. The average molecular weight is 1570 g/mol. The fourth-order valence-electron chi connectivity index (χ4n) is 13.1. The number of carbonyl (C=O) groups is 3. The maximum Gasteiger partial charge on any atom is 0.435 e. The number of primary amides is 1. The summed E-state index contributed by atoms with van der Waals surface area (Å²) in [6.45, 7) is 11.5. The maximum absolute atomic E-state index is 13.3. The fraction of sp³-hybridized carbons (Fsp3) is 0.184. The van der Waals surface area contributed by atoms with Crippen molar-refractivity contribution < 1.29 is 54.6 Å². The van der Waals surface area contributed by atoms with E-state index in [0.29, 0.717) is 52.3 Å². The molecule has 1 amide bonds. The molecule has 6 heterocycles. The third kappa shape index (κ3) is 18.2. The minimum absolute atomic E-state index is 0.0176. The summed E-state index contributed by atoms with van der Waals surface area (Å²) in [4.78, 5) is 43.5. The van der Waals surface area contributed by atoms with E-state index in [-0.39, 0.29) is 26.8 Å². The Balaban J connectivity index is 0.000000133. The van der Waals surface area contributed by atoms with Crippen LogP contribution in [-0.4, -0.2) is 115 Å². The summed E-state index contributed by atoms with van der Waals surface area (Å²) in [5.74, 6) is -0.333. The third-order valence-electron chi connectivity index (χ3n) is 19.8. The van der Waals surface area contributed by atoms with Crippen molar-refractivity contribution in [2.45, 2.75) is 95.0 Å². The molecular weight excluding hydrogens is 1490 g/mol. The first-order valence-corrected chi connectivity index (χ1v) is 39.5. The van der Waals surface area contributed by atoms with Gasteiger partial charge in [-0.25, -0.2) is 45.8 Å². The Hall–Kier alpha value is -12.5. The predicted molar refractivity (Wildman–Crippen MR) is 432 cm³/mol. The number of hydrogen-bond donors (Lipinski definition) is 5. The number of aliphatic hydroxyl groups is 2. The lowest BCUT2D eigenvalue weighted by Crippen LogP contribution is -2.13. The van der Waals surface area contributed by atoms with Crippen LogP contribution in [0.1, 0.15) is 125 Å². The molecule has 114 heavy (non-hydrogen) atoms. The maximum atomic E-state index is 13.3. The van der Waals surface area contributed by atoms with Crippen LogP contribution in [0, 0.1) is 41.5 Å². The van der Waals surface area contributed by atoms with Crippen molar-refractivity contribution in [1.82, 2.24) is 44.1 Å². The molecule has 0 radical (unpaired) electrons. The van der Waals surface area contributed by atoms with Crippen LogP contribution in [0.5, 0.6) is 0 Å². The number of nitrogens with zero attached hydrogens (tertiary/aromatic N) is 10. The van der Waals surface area contributed by atoms with E-state index in [1.807, 2.05) is 103 Å². The third-order valence-corrected chi connectivity index (χ3v) is 21.6. The van der Waals surface area contributed by atoms with Crippen molar-refractivity contribution in [1.29, 1.82) is 0 Å². The number of aromatic nitrogens is 9. The molecule has 3 aliphatic rings. The minimum atomic E-state index is -4.58. The van der Waals surface area contributed by atoms with E-state index in [1.54, 1.807) is 59.5 Å². The molecule has 27 heteroatoms. The van der Waals surface area contributed by atoms with Crippen molar-refractivity contribution in [2.24, 2.45) is 21.0 Å². The molecule has 22 nitrogen and oxygen atoms in total. The normalized spacial score (nSPS) is 13.3. The Morgan fingerprint density at radius 2 is 0.825 bits per heavy atom. The number of sulfonamides is 2. The lowest BCUT2D eigenvalue weighted by Gasteiger charge is -2.12. The first-order valence-electron chi connectivity index (χ1n) is 36.4. The molecule has 8 N–H and O–H groups in total. The van der Waals surface area contributed by atoms with E-state index in [1.165, 1.54) is 88.3 Å². The van der Waals surface area contributed by atoms with Gasteiger partial charge in [0.15, 0.2) is 23.0 Å². The van der Waals surface area contributed by atoms with Crippen molar-refractivity contribution in [3.05, 3.63) is 298 Å². The number of aliphatic imine (C=N–C) groups is 1. The highest BCUT2D eigenvalue weighted by Gasteiger charge is 2.36. The van der Waals surface area contributed by atoms with Crippen LogP contribution in [0.3, 0.4) is 0 Å². The van der Waals surface area contributed by atoms with Crippen LogP contribution in [-0.2, 0) is 26.2 Å². The molecule has 0 bridgehead atoms. The molecule has 2 fully saturated rings. The smallest absolute Gasteiger partial charge is 0.388 e. The standard InChI is InChI=1S/C23H22N4O2S.C22H19N5O3S.C22H22N2O2.C20H17F3N2O2/c1-15-2-3-17(18-10-11-25-14-18)12-21(15)23-13-22(16-4-5-16)26-27(23)19-6-8-20(9-7-19)30(24,28)29;1-14-2-3-16(15-8-10-25-11-9-15)12-19(14)21-13-20(22(23)28)26-27(21)17-4-6-18(7-5-17)31(24,29)30;1-14-3-4-15(2)19(11-14)21-12-20(16-5-6-16)23-24(21)18-9-7-17(8-10-18)22(26)13-25;1-12-3-4-13(2)16(9-12)17-10-19(20(21,22)23)24-25(17)15-7-5-14(6-8-15)18(27)11-26/h2-3,6-13,16H,4-5,14H2,1H3,(H2,24,28,29);2-13H,1H3,(H2,23,28)(H2,24,29,30);3-4,7-12,16,25H,5-6,13H2,1-2H3;3-10,26H,11H2,1-2H3. The largest absolute Gasteiger partial charge is 0.435 e. The van der Waals surface area contributed by atoms with E-state index in [2.05, 4.69) is 89.5 Å². The molecule has 0 atom stereocenters. The van der Waals surface area contributed by atoms with Gasteiger partial charge in [0.2, 0.25) is 20.0 Å². The molecule has 2 aliphatic carbocycles. The lowest BCUT2D eigenvalue weighted by molar-refractivity contribution is -0.141. The van der Waals surface area contributed by atoms with Gasteiger partial charge >= 0.3 is 6.18 Å². The molecular formula is C87H80F3N13O9S2. The molecule has 0 unspecified atom stereocenters. The highest BCUT2D eigenvalue weighted by atomic mass is 32.2. The Bertz CT molecular complexity index is 6120. The van der Waals surface area contributed by atoms with Crippen molar-refractivity contribution in [2.75, 3.05) is 19.8 Å². The molecule has 16 rings (SSSR count). The number of nitrogens with two attached hydrogens (primary N) is 3. The monoisotopic (exact) mass is 1570 g/mol. The lowest BCUT2D eigenvalue weighted by atomic mass is 9.97. The van der Waals surface area contributed by atoms with Gasteiger partial charge < -0.3 is 15.9 Å². The van der Waals surface area contributed by atoms with Crippen LogP contribution < -0.4 is 16.0 Å². The van der Waals surface area contributed by atoms with Gasteiger partial charge in [0.25, 0.3) is 5.91 Å². The van der Waals surface area contributed by atoms with Crippen LogP contribution in [0.25, 0.3) is 84.5 Å². The second-order valence-electron chi connectivity index (χ2n) is 28.2. The van der Waals surface area contributed by atoms with Gasteiger partial charge in [-0.15, -0.1) is 0 Å². The topological polar surface area (TPSA) is 335 Å². The number of carbonyl (C=O) groups excluding carboxylic acids is 3. The van der Waals surface area contributed by atoms with E-state index in [0.717, 1.165) is 103 Å². The fourth-order valence-corrected chi connectivity index (χ4v) is 14.2. The van der Waals surface area contributed by atoms with Gasteiger partial charge in [0.05, 0.1) is 73.2 Å². The summed E-state index contributed by atoms with van der Waals surface area (Å²) in [5.41, 5.74) is 27.7. The van der Waals surface area contributed by atoms with Crippen LogP contribution in [0.4, 0.5) is 13.2 Å². The van der Waals surface area contributed by atoms with Gasteiger partial charge in [0.1, 0.15) is 13.2 Å². The zero-order valence-electron chi connectivity index (χ0n) is 63.0. The first-order chi connectivity index (χ1) is 54.4. The average Bonchev–Trinajstić information content (AvgIpc) is 1.62. The van der Waals surface area contributed by atoms with Gasteiger partial charge in [-0.05, 0) is 276 Å². The number of pyridine rings is 1. The number of primary sulfonamides is 2. The van der Waals surface area contributed by atoms with E-state index in [4.69, 9.17) is 36.4 Å². The number of aryl methyl sites for hydroxylation is 6. The Labute approximate surface area is 656 Å². The number of alkyl halides is 3. The van der Waals surface area contributed by atoms with Crippen molar-refractivity contribution >= 4 is 49.3 Å². The highest BCUT2D eigenvalue weighted by molar-refractivity contribution is 7.89. The minimum Gasteiger partial charge on any atom is -0.388 e. The Morgan fingerprint density at radius 1 is 0.447 bits per heavy atom. The number of amides is 1. The van der Waals surface area contributed by atoms with E-state index in [9.17, 15) is 44.4 Å². The van der Waals surface area contributed by atoms with Crippen molar-refractivity contribution in [3.63, 3.8) is 0 Å². The van der Waals surface area contributed by atoms with Crippen LogP contribution >= 0.6 is 0 Å². The number of hydrogen-bond acceptors (Lipinski definition) is 15. The number of aliphatic hydroxyl groups excluding tert-OH is 2. The summed E-state index contributed by atoms with van der Waals surface area (Å²) in [6, 6.07) is 60.9. The summed E-state index contributed by atoms with van der Waals surface area (Å²) in [6.07, 6.45) is 7.47. The van der Waals surface area contributed by atoms with Crippen LogP contribution in [0.2, 0.25) is 0 Å². The molecule has 0 saturated heterocycles. The Kier molecular flexibility index (Phi) is 23.1. The number of rotatable bonds is 19. The summed E-state index contributed by atoms with van der Waals surface area (Å²) in [7, 11) is -7.56. The zero-order valence-corrected chi connectivity index (χ0v) is 64.6. The second-order valence-corrected chi connectivity index (χ2v) is 31.4. The summed E-state index contributed by atoms with van der Waals surface area (Å²) < 4.78 is 92.8. The van der Waals surface area contributed by atoms with E-state index >= 15 is 0 Å². The van der Waals surface area contributed by atoms with Gasteiger partial charge in [-0.3, -0.25) is 24.4 Å². The molecule has 8 aromatic carbocycles. The first kappa shape index (κ1) is 79.6. The molecule has 580 valence electrons. The number of allylic oxidation sites excluding steroid dienone is 1. The Morgan fingerprint density at radius 3 is 1.22 bits per heavy atom. The molecule has 13 aromatic rings. The molecule has 0 spiro atoms. The summed E-state index contributed by atoms with van der Waals surface area (Å²) in [5, 5.41) is 46.2. The molecule has 5 aromatic heterocycles. The quantitative estimate of drug-likeness (QED) is 0.0470. The van der Waals surface area contributed by atoms with Gasteiger partial charge in [0, 0.05) is 63.8 Å². The SMILES string of the molecule is Cc1ccc(-c2ccncc2)cc1-c1cc(C(N)=O)nn1-c1ccc(S(N)(=O)=O)cc1.Cc1ccc(C)c(-c2cc(C(F)(F)F)nn2-c2ccc(C(=O)CO)cc2)c1.Cc1ccc(C)c(-c2cc(C3CC3)nn2-c2ccc(C(=O)CO)cc2)c1.Cc1ccc(C2=CC=NC2)cc1-c1cc(C2CC2)nn1-c1ccc(S(N)(=O)=O)cc1. The number of halogens is 3. The van der Waals surface area contributed by atoms with Crippen LogP contribution in [0.15, 0.2) is 240 Å². The number of Topliss-reactive ketones (excluding diaryl/α,β-unsaturated/α-hetero) is 2. The van der Waals surface area contributed by atoms with Crippen molar-refractivity contribution in [3.8, 4) is 78.9 Å². The predicted octanol–water partition coefficient (Wildman–Crippen LogP) is 15.1. The summed E-state index contributed by atoms with van der Waals surface area (Å²) >= 11 is 0. The zero-order chi connectivity index (χ0) is 81.1. The second kappa shape index (κ2) is 33.1. The van der Waals surface area contributed by atoms with Gasteiger partial charge in [-0.2, -0.15) is 33.6 Å². The number of ketones is 2. The molecule has 1 aliphatic heterocycles. The number of benzene rings is 8.